The van der Waals surface area contributed by atoms with Gasteiger partial charge in [0.25, 0.3) is 5.69 Å². The molecule has 1 aliphatic heterocycles. The fourth-order valence-electron chi connectivity index (χ4n) is 4.65. The summed E-state index contributed by atoms with van der Waals surface area (Å²) >= 11 is 0. The summed E-state index contributed by atoms with van der Waals surface area (Å²) in [4.78, 5) is 27.6. The van der Waals surface area contributed by atoms with Gasteiger partial charge in [0.05, 0.1) is 4.92 Å². The summed E-state index contributed by atoms with van der Waals surface area (Å²) in [6.07, 6.45) is 0. The largest absolute Gasteiger partial charge is 0.340 e. The predicted octanol–water partition coefficient (Wildman–Crippen LogP) is 4.38. The molecule has 1 heterocycles. The first-order chi connectivity index (χ1) is 14.3. The van der Waals surface area contributed by atoms with Crippen LogP contribution in [0.3, 0.4) is 0 Å². The van der Waals surface area contributed by atoms with E-state index in [4.69, 9.17) is 0 Å². The molecule has 0 spiro atoms. The standard InChI is InChI=1S/C24H31N3O3/c1-17(2)26(19(4)28)15-21-14-25(13-20-10-6-8-12-24(20)27(29)30)16-23(21)22-11-7-5-9-18(22)3/h5-12,17,21,23H,13-16H2,1-4H3. The van der Waals surface area contributed by atoms with Gasteiger partial charge in [-0.25, -0.2) is 0 Å². The van der Waals surface area contributed by atoms with Crippen molar-refractivity contribution in [2.45, 2.75) is 46.2 Å². The lowest BCUT2D eigenvalue weighted by molar-refractivity contribution is -0.385. The molecule has 2 atom stereocenters. The molecule has 1 amide bonds. The topological polar surface area (TPSA) is 66.7 Å². The minimum atomic E-state index is -0.308. The van der Waals surface area contributed by atoms with Crippen molar-refractivity contribution in [3.05, 3.63) is 75.3 Å². The molecule has 0 aromatic heterocycles. The minimum absolute atomic E-state index is 0.0886. The molecule has 1 fully saturated rings. The Morgan fingerprint density at radius 3 is 2.47 bits per heavy atom. The summed E-state index contributed by atoms with van der Waals surface area (Å²) in [5.41, 5.74) is 3.46. The SMILES string of the molecule is CC(=O)N(CC1CN(Cc2ccccc2[N+](=O)[O-])CC1c1ccccc1C)C(C)C. The second-order valence-electron chi connectivity index (χ2n) is 8.57. The molecule has 30 heavy (non-hydrogen) atoms. The van der Waals surface area contributed by atoms with E-state index in [1.807, 2.05) is 36.9 Å². The average molecular weight is 410 g/mol. The van der Waals surface area contributed by atoms with Crippen molar-refractivity contribution in [2.75, 3.05) is 19.6 Å². The number of nitrogens with zero attached hydrogens (tertiary/aromatic N) is 3. The minimum Gasteiger partial charge on any atom is -0.340 e. The van der Waals surface area contributed by atoms with Gasteiger partial charge < -0.3 is 4.90 Å². The molecule has 2 aromatic carbocycles. The van der Waals surface area contributed by atoms with Crippen molar-refractivity contribution >= 4 is 11.6 Å². The first-order valence-corrected chi connectivity index (χ1v) is 10.5. The number of carbonyl (C=O) groups is 1. The van der Waals surface area contributed by atoms with Crippen LogP contribution in [0.25, 0.3) is 0 Å². The molecule has 3 rings (SSSR count). The maximum absolute atomic E-state index is 12.2. The van der Waals surface area contributed by atoms with Gasteiger partial charge in [0.15, 0.2) is 0 Å². The first-order valence-electron chi connectivity index (χ1n) is 10.5. The third-order valence-electron chi connectivity index (χ3n) is 6.15. The molecule has 0 bridgehead atoms. The van der Waals surface area contributed by atoms with Crippen LogP contribution in [0.15, 0.2) is 48.5 Å². The van der Waals surface area contributed by atoms with Crippen LogP contribution in [0.5, 0.6) is 0 Å². The number of amides is 1. The second-order valence-corrected chi connectivity index (χ2v) is 8.57. The van der Waals surface area contributed by atoms with Crippen LogP contribution in [0.2, 0.25) is 0 Å². The summed E-state index contributed by atoms with van der Waals surface area (Å²) in [5, 5.41) is 11.4. The Labute approximate surface area is 178 Å². The number of hydrogen-bond acceptors (Lipinski definition) is 4. The van der Waals surface area contributed by atoms with Crippen molar-refractivity contribution in [3.63, 3.8) is 0 Å². The van der Waals surface area contributed by atoms with Crippen molar-refractivity contribution in [2.24, 2.45) is 5.92 Å². The Bertz CT molecular complexity index is 912. The number of carbonyl (C=O) groups excluding carboxylic acids is 1. The quantitative estimate of drug-likeness (QED) is 0.503. The number of likely N-dealkylation sites (tertiary alicyclic amines) is 1. The zero-order valence-electron chi connectivity index (χ0n) is 18.2. The Morgan fingerprint density at radius 2 is 1.83 bits per heavy atom. The summed E-state index contributed by atoms with van der Waals surface area (Å²) in [7, 11) is 0. The first kappa shape index (κ1) is 22.0. The Kier molecular flexibility index (Phi) is 6.87. The van der Waals surface area contributed by atoms with Gasteiger partial charge >= 0.3 is 0 Å². The van der Waals surface area contributed by atoms with E-state index in [0.717, 1.165) is 18.7 Å². The molecule has 1 aliphatic rings. The summed E-state index contributed by atoms with van der Waals surface area (Å²) < 4.78 is 0. The van der Waals surface area contributed by atoms with E-state index in [2.05, 4.69) is 30.0 Å². The van der Waals surface area contributed by atoms with Crippen LogP contribution in [-0.2, 0) is 11.3 Å². The molecule has 6 nitrogen and oxygen atoms in total. The van der Waals surface area contributed by atoms with E-state index in [1.54, 1.807) is 19.1 Å². The maximum atomic E-state index is 12.2. The summed E-state index contributed by atoms with van der Waals surface area (Å²) in [5.74, 6) is 0.653. The highest BCUT2D eigenvalue weighted by molar-refractivity contribution is 5.73. The fraction of sp³-hybridized carbons (Fsp3) is 0.458. The smallest absolute Gasteiger partial charge is 0.273 e. The van der Waals surface area contributed by atoms with Crippen LogP contribution >= 0.6 is 0 Å². The van der Waals surface area contributed by atoms with Gasteiger partial charge in [-0.05, 0) is 37.8 Å². The highest BCUT2D eigenvalue weighted by Gasteiger charge is 2.37. The van der Waals surface area contributed by atoms with Crippen LogP contribution in [0.4, 0.5) is 5.69 Å². The summed E-state index contributed by atoms with van der Waals surface area (Å²) in [6.45, 7) is 10.7. The van der Waals surface area contributed by atoms with Gasteiger partial charge in [0, 0.05) is 56.7 Å². The Hall–Kier alpha value is -2.73. The molecule has 0 N–H and O–H groups in total. The van der Waals surface area contributed by atoms with Crippen molar-refractivity contribution in [1.82, 2.24) is 9.80 Å². The van der Waals surface area contributed by atoms with E-state index in [0.29, 0.717) is 13.1 Å². The normalized spacial score (nSPS) is 19.2. The average Bonchev–Trinajstić information content (AvgIpc) is 3.08. The molecule has 0 saturated carbocycles. The van der Waals surface area contributed by atoms with Gasteiger partial charge in [0.1, 0.15) is 0 Å². The van der Waals surface area contributed by atoms with Crippen LogP contribution < -0.4 is 0 Å². The Balaban J connectivity index is 1.87. The molecular formula is C24H31N3O3. The molecule has 2 unspecified atom stereocenters. The molecule has 6 heteroatoms. The van der Waals surface area contributed by atoms with Crippen molar-refractivity contribution in [1.29, 1.82) is 0 Å². The van der Waals surface area contributed by atoms with Crippen molar-refractivity contribution in [3.8, 4) is 0 Å². The van der Waals surface area contributed by atoms with Gasteiger partial charge in [-0.3, -0.25) is 19.8 Å². The molecular weight excluding hydrogens is 378 g/mol. The number of nitro benzene ring substituents is 1. The summed E-state index contributed by atoms with van der Waals surface area (Å²) in [6, 6.07) is 15.5. The molecule has 0 radical (unpaired) electrons. The molecule has 2 aromatic rings. The third-order valence-corrected chi connectivity index (χ3v) is 6.15. The van der Waals surface area contributed by atoms with E-state index >= 15 is 0 Å². The van der Waals surface area contributed by atoms with Gasteiger partial charge in [-0.1, -0.05) is 42.5 Å². The lowest BCUT2D eigenvalue weighted by Gasteiger charge is -2.31. The van der Waals surface area contributed by atoms with E-state index in [1.165, 1.54) is 11.1 Å². The van der Waals surface area contributed by atoms with E-state index in [9.17, 15) is 14.9 Å². The van der Waals surface area contributed by atoms with Crippen LogP contribution in [0.1, 0.15) is 43.4 Å². The zero-order chi connectivity index (χ0) is 21.8. The molecule has 0 aliphatic carbocycles. The van der Waals surface area contributed by atoms with Crippen LogP contribution in [-0.4, -0.2) is 46.3 Å². The highest BCUT2D eigenvalue weighted by atomic mass is 16.6. The number of hydrogen-bond donors (Lipinski definition) is 0. The van der Waals surface area contributed by atoms with E-state index in [-0.39, 0.29) is 34.4 Å². The maximum Gasteiger partial charge on any atom is 0.273 e. The zero-order valence-corrected chi connectivity index (χ0v) is 18.2. The number of nitro groups is 1. The monoisotopic (exact) mass is 409 g/mol. The Morgan fingerprint density at radius 1 is 1.17 bits per heavy atom. The molecule has 1 saturated heterocycles. The predicted molar refractivity (Wildman–Crippen MR) is 118 cm³/mol. The number of benzene rings is 2. The van der Waals surface area contributed by atoms with Gasteiger partial charge in [-0.15, -0.1) is 0 Å². The third kappa shape index (κ3) is 4.87. The van der Waals surface area contributed by atoms with E-state index < -0.39 is 0 Å². The van der Waals surface area contributed by atoms with Gasteiger partial charge in [0.2, 0.25) is 5.91 Å². The molecule has 160 valence electrons. The van der Waals surface area contributed by atoms with Gasteiger partial charge in [-0.2, -0.15) is 0 Å². The highest BCUT2D eigenvalue weighted by Crippen LogP contribution is 2.36. The van der Waals surface area contributed by atoms with Crippen molar-refractivity contribution < 1.29 is 9.72 Å². The number of para-hydroxylation sites is 1. The lowest BCUT2D eigenvalue weighted by Crippen LogP contribution is -2.40. The lowest BCUT2D eigenvalue weighted by atomic mass is 9.86. The van der Waals surface area contributed by atoms with Crippen LogP contribution in [0, 0.1) is 23.0 Å². The number of rotatable bonds is 7. The second kappa shape index (κ2) is 9.39. The fourth-order valence-corrected chi connectivity index (χ4v) is 4.65. The number of aryl methyl sites for hydroxylation is 1.